The maximum Gasteiger partial charge on any atom is 0.306 e. The number of ether oxygens (including phenoxy) is 1. The molecule has 0 saturated carbocycles. The highest BCUT2D eigenvalue weighted by molar-refractivity contribution is 6.30. The van der Waals surface area contributed by atoms with Gasteiger partial charge in [0.05, 0.1) is 5.92 Å². The number of piperidine rings is 1. The van der Waals surface area contributed by atoms with Crippen LogP contribution in [0.2, 0.25) is 5.02 Å². The van der Waals surface area contributed by atoms with E-state index >= 15 is 0 Å². The van der Waals surface area contributed by atoms with Gasteiger partial charge in [-0.1, -0.05) is 38.4 Å². The normalized spacial score (nSPS) is 22.3. The Bertz CT molecular complexity index is 604. The highest BCUT2D eigenvalue weighted by Gasteiger charge is 2.36. The van der Waals surface area contributed by atoms with Gasteiger partial charge in [-0.3, -0.25) is 9.59 Å². The monoisotopic (exact) mass is 353 g/mol. The molecule has 1 saturated heterocycles. The third-order valence-electron chi connectivity index (χ3n) is 4.44. The van der Waals surface area contributed by atoms with Crippen molar-refractivity contribution in [3.05, 3.63) is 29.3 Å². The molecule has 2 rings (SSSR count). The molecule has 0 aliphatic carbocycles. The smallest absolute Gasteiger partial charge is 0.306 e. The molecule has 0 aromatic heterocycles. The van der Waals surface area contributed by atoms with Gasteiger partial charge in [0.1, 0.15) is 5.75 Å². The first kappa shape index (κ1) is 18.6. The predicted molar refractivity (Wildman–Crippen MR) is 92.2 cm³/mol. The number of benzene rings is 1. The number of rotatable bonds is 5. The summed E-state index contributed by atoms with van der Waals surface area (Å²) in [6.45, 7) is 6.63. The van der Waals surface area contributed by atoms with Gasteiger partial charge in [0.15, 0.2) is 6.10 Å². The molecule has 1 aliphatic rings. The van der Waals surface area contributed by atoms with Crippen molar-refractivity contribution in [1.29, 1.82) is 0 Å². The second-order valence-corrected chi connectivity index (χ2v) is 7.17. The van der Waals surface area contributed by atoms with Gasteiger partial charge in [-0.15, -0.1) is 0 Å². The van der Waals surface area contributed by atoms with Gasteiger partial charge in [0, 0.05) is 18.1 Å². The van der Waals surface area contributed by atoms with Crippen LogP contribution in [0, 0.1) is 17.8 Å². The quantitative estimate of drug-likeness (QED) is 0.881. The number of carboxylic acids is 1. The Morgan fingerprint density at radius 2 is 2.08 bits per heavy atom. The lowest BCUT2D eigenvalue weighted by Crippen LogP contribution is -2.51. The van der Waals surface area contributed by atoms with Crippen molar-refractivity contribution < 1.29 is 19.4 Å². The highest BCUT2D eigenvalue weighted by atomic mass is 35.5. The SMILES string of the molecule is CC(C)C(Oc1cccc(Cl)c1)C(=O)N1CCC(C(=O)O)C(C)C1. The van der Waals surface area contributed by atoms with Crippen molar-refractivity contribution in [2.45, 2.75) is 33.3 Å². The molecular formula is C18H24ClNO4. The van der Waals surface area contributed by atoms with Crippen molar-refractivity contribution in [2.24, 2.45) is 17.8 Å². The zero-order valence-electron chi connectivity index (χ0n) is 14.2. The number of amides is 1. The third kappa shape index (κ3) is 4.41. The molecule has 1 aliphatic heterocycles. The van der Waals surface area contributed by atoms with Crippen LogP contribution in [0.4, 0.5) is 0 Å². The first-order chi connectivity index (χ1) is 11.3. The Labute approximate surface area is 147 Å². The molecule has 1 heterocycles. The van der Waals surface area contributed by atoms with Crippen LogP contribution in [0.1, 0.15) is 27.2 Å². The van der Waals surface area contributed by atoms with Crippen molar-refractivity contribution >= 4 is 23.5 Å². The fourth-order valence-electron chi connectivity index (χ4n) is 3.05. The fourth-order valence-corrected chi connectivity index (χ4v) is 3.23. The van der Waals surface area contributed by atoms with E-state index in [0.29, 0.717) is 30.3 Å². The molecule has 3 atom stereocenters. The van der Waals surface area contributed by atoms with Gasteiger partial charge in [-0.25, -0.2) is 0 Å². The van der Waals surface area contributed by atoms with E-state index in [4.69, 9.17) is 16.3 Å². The summed E-state index contributed by atoms with van der Waals surface area (Å²) < 4.78 is 5.89. The standard InChI is InChI=1S/C18H24ClNO4/c1-11(2)16(24-14-6-4-5-13(19)9-14)17(21)20-8-7-15(18(22)23)12(3)10-20/h4-6,9,11-12,15-16H,7-8,10H2,1-3H3,(H,22,23). The van der Waals surface area contributed by atoms with E-state index in [1.54, 1.807) is 29.2 Å². The van der Waals surface area contributed by atoms with Gasteiger partial charge in [0.2, 0.25) is 0 Å². The number of carbonyl (C=O) groups excluding carboxylic acids is 1. The van der Waals surface area contributed by atoms with E-state index in [1.807, 2.05) is 20.8 Å². The van der Waals surface area contributed by atoms with Gasteiger partial charge in [-0.05, 0) is 36.5 Å². The van der Waals surface area contributed by atoms with E-state index in [1.165, 1.54) is 0 Å². The van der Waals surface area contributed by atoms with Gasteiger partial charge < -0.3 is 14.7 Å². The van der Waals surface area contributed by atoms with E-state index < -0.39 is 12.1 Å². The molecule has 1 aromatic rings. The summed E-state index contributed by atoms with van der Waals surface area (Å²) >= 11 is 5.97. The topological polar surface area (TPSA) is 66.8 Å². The fraction of sp³-hybridized carbons (Fsp3) is 0.556. The number of aliphatic carboxylic acids is 1. The van der Waals surface area contributed by atoms with Crippen LogP contribution in [-0.2, 0) is 9.59 Å². The molecule has 1 N–H and O–H groups in total. The lowest BCUT2D eigenvalue weighted by molar-refractivity contribution is -0.151. The molecule has 3 unspecified atom stereocenters. The molecule has 1 amide bonds. The molecule has 0 radical (unpaired) electrons. The van der Waals surface area contributed by atoms with Crippen molar-refractivity contribution in [3.8, 4) is 5.75 Å². The number of hydrogen-bond donors (Lipinski definition) is 1. The summed E-state index contributed by atoms with van der Waals surface area (Å²) in [4.78, 5) is 25.8. The molecule has 0 spiro atoms. The highest BCUT2D eigenvalue weighted by Crippen LogP contribution is 2.26. The molecule has 0 bridgehead atoms. The Morgan fingerprint density at radius 3 is 2.62 bits per heavy atom. The summed E-state index contributed by atoms with van der Waals surface area (Å²) in [5.74, 6) is -0.794. The summed E-state index contributed by atoms with van der Waals surface area (Å²) in [5.41, 5.74) is 0. The van der Waals surface area contributed by atoms with Crippen molar-refractivity contribution in [2.75, 3.05) is 13.1 Å². The molecule has 1 fully saturated rings. The Balaban J connectivity index is 2.08. The molecular weight excluding hydrogens is 330 g/mol. The first-order valence-corrected chi connectivity index (χ1v) is 8.61. The Hall–Kier alpha value is -1.75. The van der Waals surface area contributed by atoms with E-state index in [2.05, 4.69) is 0 Å². The van der Waals surface area contributed by atoms with Crippen molar-refractivity contribution in [3.63, 3.8) is 0 Å². The molecule has 24 heavy (non-hydrogen) atoms. The first-order valence-electron chi connectivity index (χ1n) is 8.23. The number of hydrogen-bond acceptors (Lipinski definition) is 3. The minimum absolute atomic E-state index is 0.0102. The zero-order chi connectivity index (χ0) is 17.9. The molecule has 6 heteroatoms. The van der Waals surface area contributed by atoms with Crippen LogP contribution in [-0.4, -0.2) is 41.1 Å². The van der Waals surface area contributed by atoms with Crippen LogP contribution < -0.4 is 4.74 Å². The average Bonchev–Trinajstić information content (AvgIpc) is 2.51. The van der Waals surface area contributed by atoms with Gasteiger partial charge >= 0.3 is 5.97 Å². The number of carboxylic acid groups (broad SMARTS) is 1. The minimum Gasteiger partial charge on any atom is -0.481 e. The molecule has 132 valence electrons. The maximum absolute atomic E-state index is 12.9. The van der Waals surface area contributed by atoms with Crippen LogP contribution in [0.5, 0.6) is 5.75 Å². The van der Waals surface area contributed by atoms with E-state index in [9.17, 15) is 14.7 Å². The number of nitrogens with zero attached hydrogens (tertiary/aromatic N) is 1. The van der Waals surface area contributed by atoms with Crippen molar-refractivity contribution in [1.82, 2.24) is 4.90 Å². The Kier molecular flexibility index (Phi) is 6.10. The van der Waals surface area contributed by atoms with Crippen LogP contribution in [0.25, 0.3) is 0 Å². The number of carbonyl (C=O) groups is 2. The largest absolute Gasteiger partial charge is 0.481 e. The zero-order valence-corrected chi connectivity index (χ0v) is 15.0. The van der Waals surface area contributed by atoms with Gasteiger partial charge in [-0.2, -0.15) is 0 Å². The summed E-state index contributed by atoms with van der Waals surface area (Å²) in [7, 11) is 0. The summed E-state index contributed by atoms with van der Waals surface area (Å²) in [5, 5.41) is 9.77. The second-order valence-electron chi connectivity index (χ2n) is 6.73. The molecule has 1 aromatic carbocycles. The lowest BCUT2D eigenvalue weighted by atomic mass is 9.86. The van der Waals surface area contributed by atoms with E-state index in [0.717, 1.165) is 0 Å². The lowest BCUT2D eigenvalue weighted by Gasteiger charge is -2.37. The third-order valence-corrected chi connectivity index (χ3v) is 4.68. The second kappa shape index (κ2) is 7.88. The Morgan fingerprint density at radius 1 is 1.38 bits per heavy atom. The van der Waals surface area contributed by atoms with Crippen LogP contribution in [0.3, 0.4) is 0 Å². The number of likely N-dealkylation sites (tertiary alicyclic amines) is 1. The molecule has 5 nitrogen and oxygen atoms in total. The van der Waals surface area contributed by atoms with Crippen LogP contribution >= 0.6 is 11.6 Å². The summed E-state index contributed by atoms with van der Waals surface area (Å²) in [6.07, 6.45) is -0.137. The van der Waals surface area contributed by atoms with Crippen LogP contribution in [0.15, 0.2) is 24.3 Å². The number of halogens is 1. The predicted octanol–water partition coefficient (Wildman–Crippen LogP) is 3.31. The van der Waals surface area contributed by atoms with E-state index in [-0.39, 0.29) is 23.7 Å². The maximum atomic E-state index is 12.9. The minimum atomic E-state index is -0.787. The summed E-state index contributed by atoms with van der Waals surface area (Å²) in [6, 6.07) is 6.98. The average molecular weight is 354 g/mol. The van der Waals surface area contributed by atoms with Gasteiger partial charge in [0.25, 0.3) is 5.91 Å².